The topological polar surface area (TPSA) is 56.5 Å². The quantitative estimate of drug-likeness (QED) is 0.857. The summed E-state index contributed by atoms with van der Waals surface area (Å²) in [6, 6.07) is 0.149. The molecule has 0 fully saturated rings. The van der Waals surface area contributed by atoms with Gasteiger partial charge in [0.2, 0.25) is 0 Å². The Morgan fingerprint density at radius 3 is 2.35 bits per heavy atom. The number of aliphatic hydroxyl groups is 1. The van der Waals surface area contributed by atoms with Gasteiger partial charge in [-0.15, -0.1) is 0 Å². The van der Waals surface area contributed by atoms with Crippen LogP contribution in [0.25, 0.3) is 0 Å². The first-order valence-corrected chi connectivity index (χ1v) is 5.69. The summed E-state index contributed by atoms with van der Waals surface area (Å²) in [5.74, 6) is 0.580. The Hall–Kier alpha value is -1.07. The molecule has 0 aliphatic rings. The van der Waals surface area contributed by atoms with E-state index in [4.69, 9.17) is 9.47 Å². The fourth-order valence-corrected chi connectivity index (χ4v) is 1.63. The lowest BCUT2D eigenvalue weighted by Gasteiger charge is -2.30. The summed E-state index contributed by atoms with van der Waals surface area (Å²) in [5.41, 5.74) is -0.0469. The van der Waals surface area contributed by atoms with E-state index in [1.807, 2.05) is 27.7 Å². The van der Waals surface area contributed by atoms with Crippen molar-refractivity contribution in [3.63, 3.8) is 0 Å². The average molecular weight is 242 g/mol. The summed E-state index contributed by atoms with van der Waals surface area (Å²) >= 11 is 0. The SMILES string of the molecule is COc1cnn(C(C)C)c1C(O)C(C)(C)OC. The number of methoxy groups -OCH3 is 2. The molecule has 1 atom stereocenters. The molecular formula is C12H22N2O3. The maximum atomic E-state index is 10.4. The molecule has 0 aliphatic carbocycles. The van der Waals surface area contributed by atoms with Gasteiger partial charge < -0.3 is 14.6 Å². The van der Waals surface area contributed by atoms with Gasteiger partial charge in [-0.25, -0.2) is 0 Å². The van der Waals surface area contributed by atoms with Crippen molar-refractivity contribution in [3.8, 4) is 5.75 Å². The van der Waals surface area contributed by atoms with E-state index in [1.54, 1.807) is 25.1 Å². The fourth-order valence-electron chi connectivity index (χ4n) is 1.63. The second kappa shape index (κ2) is 5.06. The molecule has 1 N–H and O–H groups in total. The minimum Gasteiger partial charge on any atom is -0.493 e. The van der Waals surface area contributed by atoms with E-state index in [9.17, 15) is 5.11 Å². The van der Waals surface area contributed by atoms with Gasteiger partial charge in [0.05, 0.1) is 18.9 Å². The lowest BCUT2D eigenvalue weighted by molar-refractivity contribution is -0.0836. The predicted octanol–water partition coefficient (Wildman–Crippen LogP) is 1.93. The molecule has 0 amide bonds. The van der Waals surface area contributed by atoms with Crippen LogP contribution in [-0.4, -0.2) is 34.7 Å². The van der Waals surface area contributed by atoms with Crippen molar-refractivity contribution in [1.29, 1.82) is 0 Å². The minimum atomic E-state index is -0.799. The molecule has 17 heavy (non-hydrogen) atoms. The molecule has 0 saturated carbocycles. The molecule has 0 saturated heterocycles. The maximum absolute atomic E-state index is 10.4. The number of aliphatic hydroxyl groups excluding tert-OH is 1. The third-order valence-electron chi connectivity index (χ3n) is 2.95. The zero-order valence-electron chi connectivity index (χ0n) is 11.4. The molecule has 1 unspecified atom stereocenters. The third kappa shape index (κ3) is 2.61. The number of aromatic nitrogens is 2. The molecule has 1 aromatic heterocycles. The van der Waals surface area contributed by atoms with E-state index in [0.29, 0.717) is 11.4 Å². The Morgan fingerprint density at radius 1 is 1.35 bits per heavy atom. The van der Waals surface area contributed by atoms with Crippen molar-refractivity contribution in [3.05, 3.63) is 11.9 Å². The van der Waals surface area contributed by atoms with Gasteiger partial charge in [-0.3, -0.25) is 4.68 Å². The standard InChI is InChI=1S/C12H22N2O3/c1-8(2)14-10(9(16-5)7-13-14)11(15)12(3,4)17-6/h7-8,11,15H,1-6H3. The summed E-state index contributed by atoms with van der Waals surface area (Å²) in [6.07, 6.45) is 0.817. The number of hydrogen-bond donors (Lipinski definition) is 1. The normalized spacial score (nSPS) is 14.1. The molecule has 0 aliphatic heterocycles. The zero-order valence-corrected chi connectivity index (χ0v) is 11.4. The zero-order chi connectivity index (χ0) is 13.2. The van der Waals surface area contributed by atoms with Gasteiger partial charge in [0.1, 0.15) is 11.8 Å². The van der Waals surface area contributed by atoms with E-state index < -0.39 is 11.7 Å². The van der Waals surface area contributed by atoms with Gasteiger partial charge in [0.25, 0.3) is 0 Å². The van der Waals surface area contributed by atoms with Crippen molar-refractivity contribution in [2.75, 3.05) is 14.2 Å². The second-order valence-electron chi connectivity index (χ2n) is 4.85. The average Bonchev–Trinajstić information content (AvgIpc) is 2.71. The summed E-state index contributed by atoms with van der Waals surface area (Å²) in [5, 5.41) is 14.6. The molecule has 1 heterocycles. The van der Waals surface area contributed by atoms with Crippen LogP contribution in [0.1, 0.15) is 45.5 Å². The van der Waals surface area contributed by atoms with E-state index in [0.717, 1.165) is 0 Å². The molecule has 5 nitrogen and oxygen atoms in total. The smallest absolute Gasteiger partial charge is 0.162 e. The van der Waals surface area contributed by atoms with Gasteiger partial charge in [0.15, 0.2) is 5.75 Å². The van der Waals surface area contributed by atoms with Crippen molar-refractivity contribution in [2.45, 2.75) is 45.4 Å². The number of rotatable bonds is 5. The Labute approximate surface area is 102 Å². The maximum Gasteiger partial charge on any atom is 0.162 e. The van der Waals surface area contributed by atoms with E-state index in [1.165, 1.54) is 0 Å². The molecule has 0 bridgehead atoms. The fraction of sp³-hybridized carbons (Fsp3) is 0.750. The largest absolute Gasteiger partial charge is 0.493 e. The van der Waals surface area contributed by atoms with E-state index >= 15 is 0 Å². The lowest BCUT2D eigenvalue weighted by Crippen LogP contribution is -2.33. The molecule has 0 spiro atoms. The molecule has 98 valence electrons. The van der Waals surface area contributed by atoms with Crippen LogP contribution in [0.3, 0.4) is 0 Å². The predicted molar refractivity (Wildman–Crippen MR) is 65.2 cm³/mol. The Bertz CT molecular complexity index is 372. The van der Waals surface area contributed by atoms with Gasteiger partial charge in [-0.2, -0.15) is 5.10 Å². The summed E-state index contributed by atoms with van der Waals surface area (Å²) in [6.45, 7) is 7.66. The van der Waals surface area contributed by atoms with Gasteiger partial charge in [0, 0.05) is 13.2 Å². The number of ether oxygens (including phenoxy) is 2. The first-order chi connectivity index (χ1) is 7.85. The highest BCUT2D eigenvalue weighted by molar-refractivity contribution is 5.29. The number of nitrogens with zero attached hydrogens (tertiary/aromatic N) is 2. The van der Waals surface area contributed by atoms with Crippen molar-refractivity contribution in [1.82, 2.24) is 9.78 Å². The van der Waals surface area contributed by atoms with Crippen LogP contribution < -0.4 is 4.74 Å². The van der Waals surface area contributed by atoms with Crippen molar-refractivity contribution < 1.29 is 14.6 Å². The van der Waals surface area contributed by atoms with Crippen LogP contribution in [0.4, 0.5) is 0 Å². The molecule has 1 aromatic rings. The highest BCUT2D eigenvalue weighted by atomic mass is 16.5. The third-order valence-corrected chi connectivity index (χ3v) is 2.95. The van der Waals surface area contributed by atoms with Crippen molar-refractivity contribution in [2.24, 2.45) is 0 Å². The summed E-state index contributed by atoms with van der Waals surface area (Å²) in [7, 11) is 3.14. The Balaban J connectivity index is 3.23. The summed E-state index contributed by atoms with van der Waals surface area (Å²) in [4.78, 5) is 0. The molecule has 0 radical (unpaired) electrons. The minimum absolute atomic E-state index is 0.149. The van der Waals surface area contributed by atoms with Crippen LogP contribution in [0.15, 0.2) is 6.20 Å². The van der Waals surface area contributed by atoms with Crippen LogP contribution in [0, 0.1) is 0 Å². The lowest BCUT2D eigenvalue weighted by atomic mass is 9.98. The van der Waals surface area contributed by atoms with Gasteiger partial charge >= 0.3 is 0 Å². The molecule has 0 aromatic carbocycles. The van der Waals surface area contributed by atoms with Crippen LogP contribution >= 0.6 is 0 Å². The van der Waals surface area contributed by atoms with Gasteiger partial charge in [-0.05, 0) is 27.7 Å². The summed E-state index contributed by atoms with van der Waals surface area (Å²) < 4.78 is 12.3. The van der Waals surface area contributed by atoms with Crippen LogP contribution in [-0.2, 0) is 4.74 Å². The van der Waals surface area contributed by atoms with Gasteiger partial charge in [-0.1, -0.05) is 0 Å². The van der Waals surface area contributed by atoms with Crippen LogP contribution in [0.5, 0.6) is 5.75 Å². The monoisotopic (exact) mass is 242 g/mol. The van der Waals surface area contributed by atoms with Crippen molar-refractivity contribution >= 4 is 0 Å². The first kappa shape index (κ1) is 14.0. The van der Waals surface area contributed by atoms with E-state index in [-0.39, 0.29) is 6.04 Å². The number of hydrogen-bond acceptors (Lipinski definition) is 4. The Morgan fingerprint density at radius 2 is 1.94 bits per heavy atom. The highest BCUT2D eigenvalue weighted by Crippen LogP contribution is 2.35. The highest BCUT2D eigenvalue weighted by Gasteiger charge is 2.34. The Kier molecular flexibility index (Phi) is 4.16. The molecule has 1 rings (SSSR count). The van der Waals surface area contributed by atoms with Crippen LogP contribution in [0.2, 0.25) is 0 Å². The molecule has 5 heteroatoms. The second-order valence-corrected chi connectivity index (χ2v) is 4.85. The van der Waals surface area contributed by atoms with E-state index in [2.05, 4.69) is 5.10 Å². The first-order valence-electron chi connectivity index (χ1n) is 5.69. The molecular weight excluding hydrogens is 220 g/mol.